The number of para-hydroxylation sites is 1. The van der Waals surface area contributed by atoms with Crippen molar-refractivity contribution in [1.29, 1.82) is 0 Å². The molecule has 0 spiro atoms. The summed E-state index contributed by atoms with van der Waals surface area (Å²) >= 11 is 0. The second kappa shape index (κ2) is 7.17. The van der Waals surface area contributed by atoms with Gasteiger partial charge in [-0.05, 0) is 25.5 Å². The minimum Gasteiger partial charge on any atom is -0.491 e. The number of amides is 2. The van der Waals surface area contributed by atoms with Crippen LogP contribution in [0.4, 0.5) is 4.79 Å². The molecule has 0 radical (unpaired) electrons. The summed E-state index contributed by atoms with van der Waals surface area (Å²) in [5.74, 6) is 0.870. The number of fused-ring (bicyclic) bond motifs is 1. The Morgan fingerprint density at radius 1 is 1.39 bits per heavy atom. The second-order valence-corrected chi connectivity index (χ2v) is 5.79. The van der Waals surface area contributed by atoms with Crippen molar-refractivity contribution in [2.45, 2.75) is 32.5 Å². The van der Waals surface area contributed by atoms with Gasteiger partial charge in [-0.1, -0.05) is 18.2 Å². The molecular formula is C17H22N4O2. The van der Waals surface area contributed by atoms with Crippen LogP contribution in [-0.4, -0.2) is 39.9 Å². The highest BCUT2D eigenvalue weighted by Crippen LogP contribution is 2.22. The number of carbonyl (C=O) groups excluding carboxylic acids is 1. The van der Waals surface area contributed by atoms with Crippen LogP contribution < -0.4 is 10.1 Å². The van der Waals surface area contributed by atoms with Gasteiger partial charge in [-0.15, -0.1) is 0 Å². The summed E-state index contributed by atoms with van der Waals surface area (Å²) in [6.07, 6.45) is 4.53. The molecule has 0 saturated heterocycles. The summed E-state index contributed by atoms with van der Waals surface area (Å²) < 4.78 is 7.57. The normalized spacial score (nSPS) is 15.3. The lowest BCUT2D eigenvalue weighted by atomic mass is 10.2. The van der Waals surface area contributed by atoms with Gasteiger partial charge in [-0.2, -0.15) is 5.10 Å². The van der Waals surface area contributed by atoms with Crippen molar-refractivity contribution in [3.05, 3.63) is 48.3 Å². The Labute approximate surface area is 136 Å². The Balaban J connectivity index is 1.53. The van der Waals surface area contributed by atoms with Crippen molar-refractivity contribution < 1.29 is 9.53 Å². The van der Waals surface area contributed by atoms with Gasteiger partial charge >= 0.3 is 6.03 Å². The highest BCUT2D eigenvalue weighted by atomic mass is 16.5. The molecule has 0 bridgehead atoms. The molecule has 0 saturated carbocycles. The van der Waals surface area contributed by atoms with E-state index in [0.29, 0.717) is 19.7 Å². The number of hydrogen-bond donors (Lipinski definition) is 1. The molecule has 1 atom stereocenters. The van der Waals surface area contributed by atoms with Crippen molar-refractivity contribution in [3.8, 4) is 5.75 Å². The van der Waals surface area contributed by atoms with Gasteiger partial charge in [-0.3, -0.25) is 4.68 Å². The zero-order chi connectivity index (χ0) is 16.1. The van der Waals surface area contributed by atoms with Gasteiger partial charge in [-0.25, -0.2) is 4.79 Å². The number of benzene rings is 1. The molecule has 23 heavy (non-hydrogen) atoms. The molecule has 2 heterocycles. The van der Waals surface area contributed by atoms with E-state index in [1.54, 1.807) is 11.1 Å². The molecule has 1 N–H and O–H groups in total. The highest BCUT2D eigenvalue weighted by Gasteiger charge is 2.20. The molecule has 6 nitrogen and oxygen atoms in total. The summed E-state index contributed by atoms with van der Waals surface area (Å²) in [5, 5.41) is 7.23. The largest absolute Gasteiger partial charge is 0.491 e. The predicted octanol–water partition coefficient (Wildman–Crippen LogP) is 2.27. The van der Waals surface area contributed by atoms with Crippen LogP contribution in [0.1, 0.15) is 18.9 Å². The fraction of sp³-hybridized carbons (Fsp3) is 0.412. The molecule has 1 aromatic carbocycles. The first-order valence-electron chi connectivity index (χ1n) is 7.96. The van der Waals surface area contributed by atoms with E-state index < -0.39 is 0 Å². The lowest BCUT2D eigenvalue weighted by molar-refractivity contribution is 0.183. The minimum atomic E-state index is -0.0433. The summed E-state index contributed by atoms with van der Waals surface area (Å²) in [6.45, 7) is 4.50. The van der Waals surface area contributed by atoms with E-state index in [9.17, 15) is 4.79 Å². The first-order chi connectivity index (χ1) is 11.2. The van der Waals surface area contributed by atoms with Crippen LogP contribution in [0.25, 0.3) is 0 Å². The Morgan fingerprint density at radius 2 is 2.26 bits per heavy atom. The van der Waals surface area contributed by atoms with Gasteiger partial charge in [0, 0.05) is 30.5 Å². The lowest BCUT2D eigenvalue weighted by Gasteiger charge is -2.23. The van der Waals surface area contributed by atoms with Crippen LogP contribution in [0.15, 0.2) is 42.7 Å². The van der Waals surface area contributed by atoms with Crippen LogP contribution >= 0.6 is 0 Å². The predicted molar refractivity (Wildman–Crippen MR) is 87.2 cm³/mol. The number of aromatic nitrogens is 2. The average molecular weight is 314 g/mol. The molecule has 2 aromatic rings. The Kier molecular flexibility index (Phi) is 4.80. The van der Waals surface area contributed by atoms with Crippen molar-refractivity contribution in [3.63, 3.8) is 0 Å². The van der Waals surface area contributed by atoms with Crippen LogP contribution in [-0.2, 0) is 13.1 Å². The van der Waals surface area contributed by atoms with E-state index in [2.05, 4.69) is 10.4 Å². The van der Waals surface area contributed by atoms with E-state index in [4.69, 9.17) is 4.74 Å². The fourth-order valence-electron chi connectivity index (χ4n) is 2.63. The van der Waals surface area contributed by atoms with Crippen LogP contribution in [0.3, 0.4) is 0 Å². The van der Waals surface area contributed by atoms with Gasteiger partial charge < -0.3 is 15.0 Å². The van der Waals surface area contributed by atoms with E-state index in [0.717, 1.165) is 24.3 Å². The highest BCUT2D eigenvalue weighted by molar-refractivity contribution is 5.74. The maximum absolute atomic E-state index is 12.5. The monoisotopic (exact) mass is 314 g/mol. The van der Waals surface area contributed by atoms with Crippen molar-refractivity contribution in [1.82, 2.24) is 20.0 Å². The molecule has 0 fully saturated rings. The van der Waals surface area contributed by atoms with Gasteiger partial charge in [0.25, 0.3) is 0 Å². The third kappa shape index (κ3) is 4.03. The van der Waals surface area contributed by atoms with Crippen molar-refractivity contribution >= 4 is 6.03 Å². The number of nitrogens with one attached hydrogen (secondary N) is 1. The fourth-order valence-corrected chi connectivity index (χ4v) is 2.63. The molecule has 1 aromatic heterocycles. The van der Waals surface area contributed by atoms with E-state index in [1.807, 2.05) is 48.1 Å². The van der Waals surface area contributed by atoms with Gasteiger partial charge in [0.05, 0.1) is 13.1 Å². The molecule has 1 aliphatic heterocycles. The molecule has 1 aliphatic rings. The average Bonchev–Trinajstić information content (AvgIpc) is 2.97. The molecule has 2 amide bonds. The number of rotatable bonds is 4. The number of hydrogen-bond acceptors (Lipinski definition) is 3. The van der Waals surface area contributed by atoms with E-state index in [1.165, 1.54) is 0 Å². The molecule has 3 rings (SSSR count). The molecule has 122 valence electrons. The van der Waals surface area contributed by atoms with Crippen molar-refractivity contribution in [2.75, 3.05) is 13.2 Å². The third-order valence-electron chi connectivity index (χ3n) is 3.96. The molecule has 6 heteroatoms. The van der Waals surface area contributed by atoms with Gasteiger partial charge in [0.2, 0.25) is 0 Å². The maximum Gasteiger partial charge on any atom is 0.318 e. The summed E-state index contributed by atoms with van der Waals surface area (Å²) in [5.41, 5.74) is 1.05. The number of ether oxygens (including phenoxy) is 1. The van der Waals surface area contributed by atoms with Crippen molar-refractivity contribution in [2.24, 2.45) is 0 Å². The third-order valence-corrected chi connectivity index (χ3v) is 3.96. The number of carbonyl (C=O) groups is 1. The van der Waals surface area contributed by atoms with E-state index >= 15 is 0 Å². The quantitative estimate of drug-likeness (QED) is 0.942. The maximum atomic E-state index is 12.5. The Morgan fingerprint density at radius 3 is 3.09 bits per heavy atom. The summed E-state index contributed by atoms with van der Waals surface area (Å²) in [7, 11) is 0. The van der Waals surface area contributed by atoms with E-state index in [-0.39, 0.29) is 12.1 Å². The minimum absolute atomic E-state index is 0.0433. The molecular weight excluding hydrogens is 292 g/mol. The van der Waals surface area contributed by atoms with Crippen LogP contribution in [0.5, 0.6) is 5.75 Å². The SMILES string of the molecule is CC(CCn1cccn1)NC(=O)N1CCOc2ccccc2C1. The number of aryl methyl sites for hydroxylation is 1. The topological polar surface area (TPSA) is 59.4 Å². The van der Waals surface area contributed by atoms with Crippen LogP contribution in [0.2, 0.25) is 0 Å². The van der Waals surface area contributed by atoms with Gasteiger partial charge in [0.15, 0.2) is 0 Å². The van der Waals surface area contributed by atoms with Crippen LogP contribution in [0, 0.1) is 0 Å². The molecule has 1 unspecified atom stereocenters. The smallest absolute Gasteiger partial charge is 0.318 e. The number of urea groups is 1. The second-order valence-electron chi connectivity index (χ2n) is 5.79. The van der Waals surface area contributed by atoms with Gasteiger partial charge in [0.1, 0.15) is 12.4 Å². The standard InChI is InChI=1S/C17H22N4O2/c1-14(7-10-21-9-4-8-18-21)19-17(22)20-11-12-23-16-6-3-2-5-15(16)13-20/h2-6,8-9,14H,7,10-13H2,1H3,(H,19,22). The summed E-state index contributed by atoms with van der Waals surface area (Å²) in [4.78, 5) is 14.3. The number of nitrogens with zero attached hydrogens (tertiary/aromatic N) is 3. The molecule has 0 aliphatic carbocycles. The lowest BCUT2D eigenvalue weighted by Crippen LogP contribution is -2.44. The Hall–Kier alpha value is -2.50. The zero-order valence-corrected chi connectivity index (χ0v) is 13.3. The summed E-state index contributed by atoms with van der Waals surface area (Å²) in [6, 6.07) is 9.82. The first kappa shape index (κ1) is 15.4. The zero-order valence-electron chi connectivity index (χ0n) is 13.3. The Bertz CT molecular complexity index is 642. The first-order valence-corrected chi connectivity index (χ1v) is 7.96.